The van der Waals surface area contributed by atoms with Crippen molar-refractivity contribution >= 4 is 59.1 Å². The number of hydrogen-bond donors (Lipinski definition) is 6. The standard InChI is InChI=1S/C56H105N11O14/c1-17-37(7)58-23-48(73)64(39(9)19-3)33-51(76)59(24-43(13)68)29-49(74)62(27-46(16)71)32-54(79)67(42(12)22-6)36-56(81)65(40(10)20-4)34-52(77)60(25-44(14)69)30-50(75)61(26-45(15)70)31-53(78)66(41(11)21-5)35-55(80)63(28-47(57)72)38(8)18-2/h37-46,58,68-71H,17-36H2,1-16H3,(H2,57,72)/t37-,38+,39+,40+,41-,42-,43-,44-,45-,46-/m0/s1. The number of carbonyl (C=O) groups is 10. The van der Waals surface area contributed by atoms with E-state index in [0.29, 0.717) is 32.1 Å². The van der Waals surface area contributed by atoms with E-state index in [1.807, 2.05) is 27.7 Å². The van der Waals surface area contributed by atoms with E-state index in [0.717, 1.165) is 26.0 Å². The molecule has 0 aliphatic heterocycles. The second kappa shape index (κ2) is 38.3. The van der Waals surface area contributed by atoms with Gasteiger partial charge in [-0.3, -0.25) is 47.9 Å². The lowest BCUT2D eigenvalue weighted by atomic mass is 10.1. The summed E-state index contributed by atoms with van der Waals surface area (Å²) in [6.45, 7) is 21.0. The van der Waals surface area contributed by atoms with E-state index in [1.165, 1.54) is 52.2 Å². The van der Waals surface area contributed by atoms with Crippen LogP contribution in [0.1, 0.15) is 149 Å². The topological polar surface area (TPSA) is 319 Å². The minimum atomic E-state index is -1.17. The molecule has 0 bridgehead atoms. The summed E-state index contributed by atoms with van der Waals surface area (Å²) in [6.07, 6.45) is -1.60. The Balaban J connectivity index is 6.88. The van der Waals surface area contributed by atoms with Crippen LogP contribution in [-0.4, -0.2) is 276 Å². The summed E-state index contributed by atoms with van der Waals surface area (Å²) in [5.74, 6) is -6.53. The lowest BCUT2D eigenvalue weighted by Gasteiger charge is -2.36. The molecule has 0 aromatic rings. The minimum absolute atomic E-state index is 0.0168. The SMILES string of the molecule is CC[C@@H](C)N(CC(N)=O)C(=O)CN(C(=O)CN(C[C@H](C)O)C(=O)CN(C[C@H](C)O)C(=O)CN(C(=O)CN(C(=O)CN(C[C@H](C)O)C(=O)CN(C[C@H](C)O)C(=O)CN(C(=O)CN[C@@H](C)CC)[C@H](C)CC)[C@@H](C)CC)[C@H](C)CC)[C@@H](C)CC. The Kier molecular flexibility index (Phi) is 35.7. The molecular weight excluding hydrogens is 1050 g/mol. The number of aliphatic hydroxyl groups is 4. The molecule has 0 heterocycles. The highest BCUT2D eigenvalue weighted by Gasteiger charge is 2.35. The summed E-state index contributed by atoms with van der Waals surface area (Å²) in [4.78, 5) is 149. The van der Waals surface area contributed by atoms with E-state index in [4.69, 9.17) is 5.73 Å². The van der Waals surface area contributed by atoms with Crippen LogP contribution < -0.4 is 11.1 Å². The average molecular weight is 1160 g/mol. The van der Waals surface area contributed by atoms with Crippen LogP contribution in [-0.2, 0) is 47.9 Å². The van der Waals surface area contributed by atoms with Crippen molar-refractivity contribution in [3.63, 3.8) is 0 Å². The number of nitrogens with two attached hydrogens (primary N) is 1. The molecule has 81 heavy (non-hydrogen) atoms. The average Bonchev–Trinajstić information content (AvgIpc) is 3.39. The molecule has 0 aromatic carbocycles. The van der Waals surface area contributed by atoms with Crippen LogP contribution in [0, 0.1) is 0 Å². The smallest absolute Gasteiger partial charge is 0.242 e. The molecular formula is C56H105N11O14. The largest absolute Gasteiger partial charge is 0.392 e. The van der Waals surface area contributed by atoms with Gasteiger partial charge in [-0.15, -0.1) is 0 Å². The van der Waals surface area contributed by atoms with Crippen molar-refractivity contribution in [1.29, 1.82) is 0 Å². The highest BCUT2D eigenvalue weighted by Crippen LogP contribution is 2.15. The first-order valence-electron chi connectivity index (χ1n) is 29.1. The quantitative estimate of drug-likeness (QED) is 0.0464. The Morgan fingerprint density at radius 1 is 0.321 bits per heavy atom. The fraction of sp³-hybridized carbons (Fsp3) is 0.821. The normalized spacial score (nSPS) is 15.0. The van der Waals surface area contributed by atoms with Crippen LogP contribution >= 0.6 is 0 Å². The number of primary amides is 1. The summed E-state index contributed by atoms with van der Waals surface area (Å²) in [6, 6.07) is -2.37. The molecule has 10 amide bonds. The summed E-state index contributed by atoms with van der Waals surface area (Å²) >= 11 is 0. The number of rotatable bonds is 40. The monoisotopic (exact) mass is 1160 g/mol. The zero-order valence-corrected chi connectivity index (χ0v) is 51.9. The first-order chi connectivity index (χ1) is 37.7. The van der Waals surface area contributed by atoms with E-state index < -0.39 is 142 Å². The fourth-order valence-electron chi connectivity index (χ4n) is 8.52. The number of nitrogens with zero attached hydrogens (tertiary/aromatic N) is 9. The van der Waals surface area contributed by atoms with Crippen molar-refractivity contribution in [3.05, 3.63) is 0 Å². The van der Waals surface area contributed by atoms with Crippen molar-refractivity contribution in [2.75, 3.05) is 91.6 Å². The third-order valence-electron chi connectivity index (χ3n) is 14.6. The number of hydrogen-bond acceptors (Lipinski definition) is 15. The maximum Gasteiger partial charge on any atom is 0.242 e. The van der Waals surface area contributed by atoms with Gasteiger partial charge in [0.25, 0.3) is 0 Å². The molecule has 10 atom stereocenters. The third kappa shape index (κ3) is 27.4. The Labute approximate surface area is 482 Å². The van der Waals surface area contributed by atoms with Gasteiger partial charge in [-0.1, -0.05) is 41.5 Å². The van der Waals surface area contributed by atoms with Gasteiger partial charge in [0, 0.05) is 62.4 Å². The van der Waals surface area contributed by atoms with Gasteiger partial charge in [0.2, 0.25) is 59.1 Å². The van der Waals surface area contributed by atoms with Crippen LogP contribution in [0.4, 0.5) is 0 Å². The van der Waals surface area contributed by atoms with Crippen LogP contribution in [0.2, 0.25) is 0 Å². The van der Waals surface area contributed by atoms with Crippen LogP contribution in [0.25, 0.3) is 0 Å². The lowest BCUT2D eigenvalue weighted by Crippen LogP contribution is -2.56. The van der Waals surface area contributed by atoms with Gasteiger partial charge in [0.05, 0.1) is 63.7 Å². The molecule has 0 saturated carbocycles. The highest BCUT2D eigenvalue weighted by atomic mass is 16.3. The van der Waals surface area contributed by atoms with E-state index in [9.17, 15) is 68.4 Å². The predicted molar refractivity (Wildman–Crippen MR) is 307 cm³/mol. The molecule has 0 aliphatic rings. The van der Waals surface area contributed by atoms with Crippen molar-refractivity contribution < 1.29 is 68.4 Å². The lowest BCUT2D eigenvalue weighted by molar-refractivity contribution is -0.152. The van der Waals surface area contributed by atoms with E-state index in [1.54, 1.807) is 55.4 Å². The van der Waals surface area contributed by atoms with E-state index >= 15 is 0 Å². The highest BCUT2D eigenvalue weighted by molar-refractivity contribution is 5.94. The van der Waals surface area contributed by atoms with Crippen LogP contribution in [0.15, 0.2) is 0 Å². The third-order valence-corrected chi connectivity index (χ3v) is 14.6. The molecule has 0 spiro atoms. The molecule has 468 valence electrons. The van der Waals surface area contributed by atoms with Crippen molar-refractivity contribution in [1.82, 2.24) is 49.4 Å². The Hall–Kier alpha value is -5.50. The Bertz CT molecular complexity index is 2010. The number of aliphatic hydroxyl groups excluding tert-OH is 4. The van der Waals surface area contributed by atoms with Gasteiger partial charge < -0.3 is 75.6 Å². The number of amides is 10. The van der Waals surface area contributed by atoms with Gasteiger partial charge in [-0.25, -0.2) is 0 Å². The zero-order chi connectivity index (χ0) is 62.6. The Morgan fingerprint density at radius 3 is 0.765 bits per heavy atom. The molecule has 7 N–H and O–H groups in total. The van der Waals surface area contributed by atoms with Crippen molar-refractivity contribution in [2.24, 2.45) is 5.73 Å². The molecule has 0 rings (SSSR count). The molecule has 25 heteroatoms. The zero-order valence-electron chi connectivity index (χ0n) is 51.9. The molecule has 0 aliphatic carbocycles. The molecule has 0 unspecified atom stereocenters. The van der Waals surface area contributed by atoms with Gasteiger partial charge in [-0.05, 0) is 108 Å². The van der Waals surface area contributed by atoms with Gasteiger partial charge in [0.1, 0.15) is 26.2 Å². The summed E-state index contributed by atoms with van der Waals surface area (Å²) in [7, 11) is 0. The van der Waals surface area contributed by atoms with E-state index in [-0.39, 0.29) is 69.8 Å². The first kappa shape index (κ1) is 75.5. The summed E-state index contributed by atoms with van der Waals surface area (Å²) in [5, 5.41) is 45.2. The fourth-order valence-corrected chi connectivity index (χ4v) is 8.52. The molecule has 0 aromatic heterocycles. The molecule has 25 nitrogen and oxygen atoms in total. The van der Waals surface area contributed by atoms with Gasteiger partial charge in [0.15, 0.2) is 0 Å². The van der Waals surface area contributed by atoms with Crippen molar-refractivity contribution in [2.45, 2.75) is 210 Å². The Morgan fingerprint density at radius 2 is 0.531 bits per heavy atom. The molecule has 0 radical (unpaired) electrons. The predicted octanol–water partition coefficient (Wildman–Crippen LogP) is -0.167. The minimum Gasteiger partial charge on any atom is -0.392 e. The number of nitrogens with one attached hydrogen (secondary N) is 1. The van der Waals surface area contributed by atoms with Crippen LogP contribution in [0.3, 0.4) is 0 Å². The van der Waals surface area contributed by atoms with Crippen molar-refractivity contribution in [3.8, 4) is 0 Å². The summed E-state index contributed by atoms with van der Waals surface area (Å²) in [5.41, 5.74) is 5.44. The van der Waals surface area contributed by atoms with E-state index in [2.05, 4.69) is 5.32 Å². The second-order valence-electron chi connectivity index (χ2n) is 22.0. The number of carbonyl (C=O) groups excluding carboxylic acids is 10. The maximum atomic E-state index is 14.5. The maximum absolute atomic E-state index is 14.5. The van der Waals surface area contributed by atoms with Gasteiger partial charge >= 0.3 is 0 Å². The van der Waals surface area contributed by atoms with Gasteiger partial charge in [-0.2, -0.15) is 0 Å². The van der Waals surface area contributed by atoms with Crippen LogP contribution in [0.5, 0.6) is 0 Å². The molecule has 0 saturated heterocycles. The molecule has 0 fully saturated rings. The second-order valence-corrected chi connectivity index (χ2v) is 22.0. The summed E-state index contributed by atoms with van der Waals surface area (Å²) < 4.78 is 0. The first-order valence-corrected chi connectivity index (χ1v) is 29.1.